The third-order valence-electron chi connectivity index (χ3n) is 4.86. The van der Waals surface area contributed by atoms with Gasteiger partial charge in [0.25, 0.3) is 5.91 Å². The smallest absolute Gasteiger partial charge is 0.265 e. The van der Waals surface area contributed by atoms with Gasteiger partial charge in [-0.1, -0.05) is 12.1 Å². The Balaban J connectivity index is 1.63. The van der Waals surface area contributed by atoms with Crippen molar-refractivity contribution in [2.45, 2.75) is 25.7 Å². The van der Waals surface area contributed by atoms with E-state index in [0.29, 0.717) is 22.7 Å². The minimum absolute atomic E-state index is 0.0240. The lowest BCUT2D eigenvalue weighted by atomic mass is 9.91. The SMILES string of the molecule is Cc1ncsc1C(=O)N1CCCC(c2nccnc2-c2cccc(F)c2)C1. The number of piperidine rings is 1. The molecule has 3 heterocycles. The van der Waals surface area contributed by atoms with Crippen LogP contribution in [0.3, 0.4) is 0 Å². The molecule has 27 heavy (non-hydrogen) atoms. The second-order valence-electron chi connectivity index (χ2n) is 6.66. The molecule has 0 saturated carbocycles. The van der Waals surface area contributed by atoms with E-state index in [1.54, 1.807) is 24.0 Å². The summed E-state index contributed by atoms with van der Waals surface area (Å²) in [6.07, 6.45) is 5.10. The van der Waals surface area contributed by atoms with Gasteiger partial charge in [0.2, 0.25) is 0 Å². The predicted octanol–water partition coefficient (Wildman–Crippen LogP) is 4.07. The maximum absolute atomic E-state index is 13.7. The fourth-order valence-corrected chi connectivity index (χ4v) is 4.31. The molecule has 1 unspecified atom stereocenters. The molecular weight excluding hydrogens is 363 g/mol. The number of carbonyl (C=O) groups excluding carboxylic acids is 1. The van der Waals surface area contributed by atoms with Gasteiger partial charge in [-0.05, 0) is 31.9 Å². The third kappa shape index (κ3) is 3.60. The first-order valence-electron chi connectivity index (χ1n) is 8.89. The quantitative estimate of drug-likeness (QED) is 0.685. The number of amides is 1. The van der Waals surface area contributed by atoms with Crippen molar-refractivity contribution in [1.82, 2.24) is 19.9 Å². The Hall–Kier alpha value is -2.67. The van der Waals surface area contributed by atoms with Crippen LogP contribution in [0.4, 0.5) is 4.39 Å². The highest BCUT2D eigenvalue weighted by Crippen LogP contribution is 2.32. The van der Waals surface area contributed by atoms with Crippen molar-refractivity contribution >= 4 is 17.2 Å². The number of carbonyl (C=O) groups is 1. The molecule has 1 saturated heterocycles. The van der Waals surface area contributed by atoms with E-state index in [-0.39, 0.29) is 17.6 Å². The number of hydrogen-bond acceptors (Lipinski definition) is 5. The normalized spacial score (nSPS) is 17.1. The van der Waals surface area contributed by atoms with Gasteiger partial charge in [-0.2, -0.15) is 0 Å². The summed E-state index contributed by atoms with van der Waals surface area (Å²) < 4.78 is 13.7. The third-order valence-corrected chi connectivity index (χ3v) is 5.78. The van der Waals surface area contributed by atoms with Crippen LogP contribution >= 0.6 is 11.3 Å². The number of halogens is 1. The Morgan fingerprint density at radius 3 is 2.89 bits per heavy atom. The molecule has 1 aliphatic heterocycles. The minimum Gasteiger partial charge on any atom is -0.337 e. The molecule has 0 spiro atoms. The lowest BCUT2D eigenvalue weighted by Gasteiger charge is -2.32. The maximum atomic E-state index is 13.7. The molecule has 4 rings (SSSR count). The van der Waals surface area contributed by atoms with E-state index in [4.69, 9.17) is 0 Å². The zero-order valence-corrected chi connectivity index (χ0v) is 15.7. The van der Waals surface area contributed by atoms with Gasteiger partial charge in [0.05, 0.1) is 22.6 Å². The molecule has 0 N–H and O–H groups in total. The Labute approximate surface area is 160 Å². The highest BCUT2D eigenvalue weighted by Gasteiger charge is 2.29. The summed E-state index contributed by atoms with van der Waals surface area (Å²) in [5, 5.41) is 0. The second kappa shape index (κ2) is 7.52. The van der Waals surface area contributed by atoms with Crippen LogP contribution in [0.2, 0.25) is 0 Å². The van der Waals surface area contributed by atoms with Crippen molar-refractivity contribution in [3.8, 4) is 11.3 Å². The topological polar surface area (TPSA) is 59.0 Å². The standard InChI is InChI=1S/C20H19FN4OS/c1-13-19(27-12-24-13)20(26)25-9-3-5-15(11-25)18-17(22-7-8-23-18)14-4-2-6-16(21)10-14/h2,4,6-8,10,12,15H,3,5,9,11H2,1H3. The summed E-state index contributed by atoms with van der Waals surface area (Å²) >= 11 is 1.38. The number of nitrogens with zero attached hydrogens (tertiary/aromatic N) is 4. The molecule has 0 bridgehead atoms. The molecule has 1 fully saturated rings. The van der Waals surface area contributed by atoms with Gasteiger partial charge in [0.15, 0.2) is 0 Å². The zero-order valence-electron chi connectivity index (χ0n) is 14.9. The van der Waals surface area contributed by atoms with Crippen molar-refractivity contribution in [2.75, 3.05) is 13.1 Å². The molecule has 1 aromatic carbocycles. The molecule has 138 valence electrons. The summed E-state index contributed by atoms with van der Waals surface area (Å²) in [5.74, 6) is -0.205. The van der Waals surface area contributed by atoms with Crippen LogP contribution < -0.4 is 0 Å². The first-order chi connectivity index (χ1) is 13.1. The lowest BCUT2D eigenvalue weighted by molar-refractivity contribution is 0.0710. The Kier molecular flexibility index (Phi) is 4.94. The van der Waals surface area contributed by atoms with Crippen LogP contribution in [0, 0.1) is 12.7 Å². The maximum Gasteiger partial charge on any atom is 0.265 e. The van der Waals surface area contributed by atoms with Crippen molar-refractivity contribution in [2.24, 2.45) is 0 Å². The summed E-state index contributed by atoms with van der Waals surface area (Å²) in [5.41, 5.74) is 4.69. The average molecular weight is 382 g/mol. The molecule has 0 aliphatic carbocycles. The Bertz CT molecular complexity index is 974. The van der Waals surface area contributed by atoms with Gasteiger partial charge in [-0.3, -0.25) is 14.8 Å². The number of hydrogen-bond donors (Lipinski definition) is 0. The number of likely N-dealkylation sites (tertiary alicyclic amines) is 1. The van der Waals surface area contributed by atoms with Gasteiger partial charge >= 0.3 is 0 Å². The van der Waals surface area contributed by atoms with Crippen LogP contribution in [-0.2, 0) is 0 Å². The molecule has 3 aromatic rings. The van der Waals surface area contributed by atoms with E-state index in [2.05, 4.69) is 15.0 Å². The van der Waals surface area contributed by atoms with E-state index in [1.807, 2.05) is 17.9 Å². The van der Waals surface area contributed by atoms with Gasteiger partial charge in [-0.25, -0.2) is 9.37 Å². The van der Waals surface area contributed by atoms with E-state index in [0.717, 1.165) is 30.8 Å². The zero-order chi connectivity index (χ0) is 18.8. The van der Waals surface area contributed by atoms with Crippen LogP contribution in [0.1, 0.15) is 39.8 Å². The second-order valence-corrected chi connectivity index (χ2v) is 7.51. The van der Waals surface area contributed by atoms with Gasteiger partial charge in [0, 0.05) is 37.0 Å². The number of aromatic nitrogens is 3. The van der Waals surface area contributed by atoms with Gasteiger partial charge < -0.3 is 4.90 Å². The fraction of sp³-hybridized carbons (Fsp3) is 0.300. The molecule has 7 heteroatoms. The summed E-state index contributed by atoms with van der Waals surface area (Å²) in [6.45, 7) is 3.16. The molecule has 1 atom stereocenters. The van der Waals surface area contributed by atoms with Crippen LogP contribution in [0.5, 0.6) is 0 Å². The molecule has 1 aliphatic rings. The molecule has 0 radical (unpaired) electrons. The summed E-state index contributed by atoms with van der Waals surface area (Å²) in [6, 6.07) is 6.40. The monoisotopic (exact) mass is 382 g/mol. The van der Waals surface area contributed by atoms with Crippen molar-refractivity contribution in [3.05, 3.63) is 64.3 Å². The lowest BCUT2D eigenvalue weighted by Crippen LogP contribution is -2.39. The van der Waals surface area contributed by atoms with Crippen molar-refractivity contribution in [1.29, 1.82) is 0 Å². The first-order valence-corrected chi connectivity index (χ1v) is 9.77. The van der Waals surface area contributed by atoms with E-state index in [1.165, 1.54) is 23.5 Å². The molecule has 1 amide bonds. The molecule has 5 nitrogen and oxygen atoms in total. The Morgan fingerprint density at radius 2 is 2.11 bits per heavy atom. The van der Waals surface area contributed by atoms with E-state index >= 15 is 0 Å². The number of rotatable bonds is 3. The van der Waals surface area contributed by atoms with Crippen molar-refractivity contribution < 1.29 is 9.18 Å². The van der Waals surface area contributed by atoms with Gasteiger partial charge in [-0.15, -0.1) is 11.3 Å². The number of thiazole rings is 1. The van der Waals surface area contributed by atoms with E-state index in [9.17, 15) is 9.18 Å². The summed E-state index contributed by atoms with van der Waals surface area (Å²) in [4.78, 5) is 28.6. The largest absolute Gasteiger partial charge is 0.337 e. The van der Waals surface area contributed by atoms with Crippen LogP contribution in [0.15, 0.2) is 42.2 Å². The van der Waals surface area contributed by atoms with E-state index < -0.39 is 0 Å². The molecular formula is C20H19FN4OS. The van der Waals surface area contributed by atoms with Crippen molar-refractivity contribution in [3.63, 3.8) is 0 Å². The number of aryl methyl sites for hydroxylation is 1. The predicted molar refractivity (Wildman–Crippen MR) is 102 cm³/mol. The average Bonchev–Trinajstić information content (AvgIpc) is 3.13. The highest BCUT2D eigenvalue weighted by atomic mass is 32.1. The number of benzene rings is 1. The Morgan fingerprint density at radius 1 is 1.26 bits per heavy atom. The minimum atomic E-state index is -0.301. The summed E-state index contributed by atoms with van der Waals surface area (Å²) in [7, 11) is 0. The molecule has 2 aromatic heterocycles. The van der Waals surface area contributed by atoms with Crippen LogP contribution in [0.25, 0.3) is 11.3 Å². The first kappa shape index (κ1) is 17.7. The van der Waals surface area contributed by atoms with Gasteiger partial charge in [0.1, 0.15) is 10.7 Å². The fourth-order valence-electron chi connectivity index (χ4n) is 3.54. The highest BCUT2D eigenvalue weighted by molar-refractivity contribution is 7.11. The van der Waals surface area contributed by atoms with Crippen LogP contribution in [-0.4, -0.2) is 38.8 Å².